The highest BCUT2D eigenvalue weighted by molar-refractivity contribution is 5.91. The van der Waals surface area contributed by atoms with Gasteiger partial charge in [0, 0.05) is 6.42 Å². The van der Waals surface area contributed by atoms with Crippen LogP contribution in [0.5, 0.6) is 5.75 Å². The number of hydrogen-bond acceptors (Lipinski definition) is 3. The molecule has 0 spiro atoms. The van der Waals surface area contributed by atoms with E-state index in [-0.39, 0.29) is 11.5 Å². The maximum Gasteiger partial charge on any atom is 0.155 e. The van der Waals surface area contributed by atoms with Crippen LogP contribution in [0.3, 0.4) is 0 Å². The number of hydrogen-bond donors (Lipinski definition) is 1. The van der Waals surface area contributed by atoms with Gasteiger partial charge in [0.15, 0.2) is 5.78 Å². The van der Waals surface area contributed by atoms with Gasteiger partial charge in [-0.1, -0.05) is 24.6 Å². The molecule has 3 heteroatoms. The van der Waals surface area contributed by atoms with Gasteiger partial charge in [-0.2, -0.15) is 0 Å². The molecule has 28 heavy (non-hydrogen) atoms. The SMILES string of the molecule is COc1ccc(C2C[C@@]3(C)C(CC[C@@H]3O)C3CCC4=CC(=O)CC[C@@H]4C23)cc1. The molecule has 0 aliphatic heterocycles. The van der Waals surface area contributed by atoms with Crippen LogP contribution >= 0.6 is 0 Å². The molecule has 3 fully saturated rings. The third kappa shape index (κ3) is 2.69. The van der Waals surface area contributed by atoms with Gasteiger partial charge in [-0.05, 0) is 97.3 Å². The lowest BCUT2D eigenvalue weighted by Crippen LogP contribution is -2.50. The van der Waals surface area contributed by atoms with Crippen LogP contribution in [-0.2, 0) is 4.79 Å². The third-order valence-electron chi connectivity index (χ3n) is 8.79. The Balaban J connectivity index is 1.58. The zero-order valence-electron chi connectivity index (χ0n) is 17.1. The number of fused-ring (bicyclic) bond motifs is 5. The van der Waals surface area contributed by atoms with Crippen molar-refractivity contribution >= 4 is 5.78 Å². The van der Waals surface area contributed by atoms with Crippen LogP contribution in [0.15, 0.2) is 35.9 Å². The molecule has 4 aliphatic rings. The van der Waals surface area contributed by atoms with Crippen molar-refractivity contribution in [1.29, 1.82) is 0 Å². The van der Waals surface area contributed by atoms with Crippen LogP contribution < -0.4 is 4.74 Å². The molecule has 1 aromatic rings. The molecule has 0 heterocycles. The molecule has 4 aliphatic carbocycles. The number of ether oxygens (including phenoxy) is 1. The third-order valence-corrected chi connectivity index (χ3v) is 8.79. The molecule has 3 saturated carbocycles. The van der Waals surface area contributed by atoms with Crippen molar-refractivity contribution < 1.29 is 14.6 Å². The summed E-state index contributed by atoms with van der Waals surface area (Å²) in [6.45, 7) is 2.35. The van der Waals surface area contributed by atoms with E-state index in [1.54, 1.807) is 7.11 Å². The first kappa shape index (κ1) is 18.4. The number of allylic oxidation sites excluding steroid dienone is 1. The van der Waals surface area contributed by atoms with E-state index < -0.39 is 0 Å². The Morgan fingerprint density at radius 1 is 1.04 bits per heavy atom. The first-order valence-electron chi connectivity index (χ1n) is 11.1. The number of methoxy groups -OCH3 is 1. The van der Waals surface area contributed by atoms with Gasteiger partial charge in [0.1, 0.15) is 5.75 Å². The largest absolute Gasteiger partial charge is 0.497 e. The van der Waals surface area contributed by atoms with Crippen LogP contribution in [0.2, 0.25) is 0 Å². The van der Waals surface area contributed by atoms with Gasteiger partial charge in [0.2, 0.25) is 0 Å². The number of carbonyl (C=O) groups is 1. The standard InChI is InChI=1S/C25H32O3/c1-25-14-21(15-3-7-18(28-2)8-4-15)24-19-10-6-17(26)13-16(19)5-9-20(24)22(25)11-12-23(25)27/h3-4,7-8,13,19-24,27H,5-6,9-12,14H2,1-2H3/t19-,20?,21?,22?,23-,24?,25-/m0/s1. The number of rotatable bonds is 2. The van der Waals surface area contributed by atoms with Crippen LogP contribution in [0.1, 0.15) is 63.4 Å². The summed E-state index contributed by atoms with van der Waals surface area (Å²) in [5, 5.41) is 10.9. The summed E-state index contributed by atoms with van der Waals surface area (Å²) in [6, 6.07) is 8.62. The van der Waals surface area contributed by atoms with Gasteiger partial charge in [-0.15, -0.1) is 0 Å². The van der Waals surface area contributed by atoms with Crippen molar-refractivity contribution in [2.45, 2.75) is 63.9 Å². The molecule has 1 N–H and O–H groups in total. The van der Waals surface area contributed by atoms with E-state index in [1.165, 1.54) is 24.0 Å². The lowest BCUT2D eigenvalue weighted by atomic mass is 9.48. The van der Waals surface area contributed by atoms with Crippen molar-refractivity contribution in [3.8, 4) is 5.75 Å². The fraction of sp³-hybridized carbons (Fsp3) is 0.640. The normalized spacial score (nSPS) is 42.2. The average Bonchev–Trinajstić information content (AvgIpc) is 3.01. The lowest BCUT2D eigenvalue weighted by Gasteiger charge is -2.57. The van der Waals surface area contributed by atoms with Gasteiger partial charge in [-0.25, -0.2) is 0 Å². The lowest BCUT2D eigenvalue weighted by molar-refractivity contribution is -0.116. The quantitative estimate of drug-likeness (QED) is 0.794. The van der Waals surface area contributed by atoms with Gasteiger partial charge in [0.05, 0.1) is 13.2 Å². The molecule has 0 radical (unpaired) electrons. The van der Waals surface area contributed by atoms with E-state index in [0.29, 0.717) is 41.8 Å². The van der Waals surface area contributed by atoms with E-state index in [2.05, 4.69) is 31.2 Å². The summed E-state index contributed by atoms with van der Waals surface area (Å²) in [7, 11) is 1.71. The summed E-state index contributed by atoms with van der Waals surface area (Å²) in [5.41, 5.74) is 2.82. The minimum absolute atomic E-state index is 0.0253. The smallest absolute Gasteiger partial charge is 0.155 e. The highest BCUT2D eigenvalue weighted by atomic mass is 16.5. The zero-order chi connectivity index (χ0) is 19.5. The molecule has 3 nitrogen and oxygen atoms in total. The Hall–Kier alpha value is -1.61. The predicted octanol–water partition coefficient (Wildman–Crippen LogP) is 4.89. The highest BCUT2D eigenvalue weighted by Gasteiger charge is 2.59. The predicted molar refractivity (Wildman–Crippen MR) is 109 cm³/mol. The number of ketones is 1. The van der Waals surface area contributed by atoms with Crippen LogP contribution in [-0.4, -0.2) is 24.1 Å². The minimum Gasteiger partial charge on any atom is -0.497 e. The summed E-state index contributed by atoms with van der Waals surface area (Å²) in [6.07, 6.45) is 8.96. The second kappa shape index (κ2) is 6.73. The minimum atomic E-state index is -0.177. The fourth-order valence-corrected chi connectivity index (χ4v) is 7.47. The molecule has 150 valence electrons. The van der Waals surface area contributed by atoms with Gasteiger partial charge < -0.3 is 9.84 Å². The fourth-order valence-electron chi connectivity index (χ4n) is 7.47. The zero-order valence-corrected chi connectivity index (χ0v) is 17.1. The Morgan fingerprint density at radius 3 is 2.57 bits per heavy atom. The van der Waals surface area contributed by atoms with E-state index in [9.17, 15) is 9.90 Å². The van der Waals surface area contributed by atoms with Crippen molar-refractivity contribution in [2.24, 2.45) is 29.1 Å². The van der Waals surface area contributed by atoms with E-state index in [0.717, 1.165) is 31.4 Å². The number of carbonyl (C=O) groups excluding carboxylic acids is 1. The molecular weight excluding hydrogens is 348 g/mol. The molecule has 5 rings (SSSR count). The monoisotopic (exact) mass is 380 g/mol. The Morgan fingerprint density at radius 2 is 1.82 bits per heavy atom. The highest BCUT2D eigenvalue weighted by Crippen LogP contribution is 2.65. The second-order valence-corrected chi connectivity index (χ2v) is 9.90. The molecule has 0 saturated heterocycles. The molecule has 7 atom stereocenters. The van der Waals surface area contributed by atoms with Crippen molar-refractivity contribution in [2.75, 3.05) is 7.11 Å². The number of aliphatic hydroxyl groups is 1. The first-order valence-corrected chi connectivity index (χ1v) is 11.1. The van der Waals surface area contributed by atoms with Crippen molar-refractivity contribution in [3.63, 3.8) is 0 Å². The summed E-state index contributed by atoms with van der Waals surface area (Å²) in [4.78, 5) is 12.1. The molecule has 1 aromatic carbocycles. The van der Waals surface area contributed by atoms with Crippen LogP contribution in [0, 0.1) is 29.1 Å². The van der Waals surface area contributed by atoms with E-state index >= 15 is 0 Å². The molecule has 0 bridgehead atoms. The molecule has 4 unspecified atom stereocenters. The van der Waals surface area contributed by atoms with Crippen molar-refractivity contribution in [1.82, 2.24) is 0 Å². The van der Waals surface area contributed by atoms with Crippen LogP contribution in [0.4, 0.5) is 0 Å². The average molecular weight is 381 g/mol. The van der Waals surface area contributed by atoms with Gasteiger partial charge in [0.25, 0.3) is 0 Å². The summed E-state index contributed by atoms with van der Waals surface area (Å²) in [5.74, 6) is 4.11. The Bertz CT molecular complexity index is 795. The first-order chi connectivity index (χ1) is 13.5. The summed E-state index contributed by atoms with van der Waals surface area (Å²) >= 11 is 0. The maximum absolute atomic E-state index is 12.1. The van der Waals surface area contributed by atoms with Crippen molar-refractivity contribution in [3.05, 3.63) is 41.5 Å². The van der Waals surface area contributed by atoms with Gasteiger partial charge in [-0.3, -0.25) is 4.79 Å². The summed E-state index contributed by atoms with van der Waals surface area (Å²) < 4.78 is 5.38. The van der Waals surface area contributed by atoms with Crippen LogP contribution in [0.25, 0.3) is 0 Å². The van der Waals surface area contributed by atoms with Gasteiger partial charge >= 0.3 is 0 Å². The molecular formula is C25H32O3. The topological polar surface area (TPSA) is 46.5 Å². The maximum atomic E-state index is 12.1. The molecule has 0 amide bonds. The Kier molecular flexibility index (Phi) is 4.42. The van der Waals surface area contributed by atoms with E-state index in [1.807, 2.05) is 6.08 Å². The van der Waals surface area contributed by atoms with E-state index in [4.69, 9.17) is 4.74 Å². The number of benzene rings is 1. The second-order valence-electron chi connectivity index (χ2n) is 9.90. The Labute approximate surface area is 168 Å². The molecule has 0 aromatic heterocycles. The number of aliphatic hydroxyl groups excluding tert-OH is 1.